The van der Waals surface area contributed by atoms with Crippen molar-refractivity contribution in [2.24, 2.45) is 35.1 Å². The minimum atomic E-state index is -1.43. The number of nitrogens with two attached hydrogens (primary N) is 2. The molecule has 30 heteroatoms. The summed E-state index contributed by atoms with van der Waals surface area (Å²) in [7, 11) is 8.42. The lowest BCUT2D eigenvalue weighted by Crippen LogP contribution is -2.59. The van der Waals surface area contributed by atoms with Crippen LogP contribution in [0.3, 0.4) is 0 Å². The molecular formula is C76H120N14O14S2. The van der Waals surface area contributed by atoms with Gasteiger partial charge in [-0.3, -0.25) is 52.8 Å². The Balaban J connectivity index is 0.895. The molecule has 106 heavy (non-hydrogen) atoms. The van der Waals surface area contributed by atoms with E-state index in [1.807, 2.05) is 90.1 Å². The molecule has 1 saturated heterocycles. The molecular weight excluding hydrogens is 1400 g/mol. The number of nitrogens with one attached hydrogen (secondary N) is 7. The van der Waals surface area contributed by atoms with Crippen molar-refractivity contribution in [1.29, 1.82) is 0 Å². The SMILES string of the molecule is CC[C@H](C)[C@@H]([C@@H](CC(=O)N1CCC[C@H]1[C@H](OC)[C@@H](C)C(=O)N[C@H](CN)Cc1ccc(NC(=O)[C@H](CC(N)=O)NC(=O)[C@H](C)NC(=O)[C@H](C)NC(=O)CCOCCOCCNC(=O)c2ccc3nc4c(nc3c2)CSC2CCCCCC(C2)SC4)cc1)OC)N(C)C(=O)[C@@H](NC(=O)C(C(C)C)N(C)C)C(C)C. The van der Waals surface area contributed by atoms with Crippen LogP contribution in [-0.2, 0) is 80.0 Å². The van der Waals surface area contributed by atoms with Gasteiger partial charge in [0.2, 0.25) is 53.2 Å². The third-order valence-electron chi connectivity index (χ3n) is 20.3. The van der Waals surface area contributed by atoms with Crippen LogP contribution in [-0.4, -0.2) is 236 Å². The third-order valence-corrected chi connectivity index (χ3v) is 23.0. The van der Waals surface area contributed by atoms with Gasteiger partial charge < -0.3 is 77.4 Å². The molecule has 11 N–H and O–H groups in total. The molecule has 6 rings (SSSR count). The number of amides is 10. The van der Waals surface area contributed by atoms with E-state index in [0.29, 0.717) is 59.5 Å². The molecule has 3 heterocycles. The normalized spacial score (nSPS) is 19.3. The Kier molecular flexibility index (Phi) is 36.3. The molecule has 0 radical (unpaired) electrons. The summed E-state index contributed by atoms with van der Waals surface area (Å²) in [6, 6.07) is 5.60. The molecule has 14 atom stereocenters. The van der Waals surface area contributed by atoms with Gasteiger partial charge in [0.05, 0.1) is 97.9 Å². The van der Waals surface area contributed by atoms with Crippen LogP contribution < -0.4 is 48.7 Å². The number of hydrogen-bond acceptors (Lipinski definition) is 20. The minimum Gasteiger partial charge on any atom is -0.379 e. The predicted molar refractivity (Wildman–Crippen MR) is 412 cm³/mol. The van der Waals surface area contributed by atoms with E-state index in [2.05, 4.69) is 37.2 Å². The lowest BCUT2D eigenvalue weighted by molar-refractivity contribution is -0.148. The zero-order valence-electron chi connectivity index (χ0n) is 64.8. The van der Waals surface area contributed by atoms with Crippen LogP contribution in [0.25, 0.3) is 11.0 Å². The Labute approximate surface area is 634 Å². The number of anilines is 1. The molecule has 2 fully saturated rings. The van der Waals surface area contributed by atoms with E-state index in [4.69, 9.17) is 40.4 Å². The van der Waals surface area contributed by atoms with E-state index >= 15 is 0 Å². The topological polar surface area (TPSA) is 379 Å². The molecule has 3 aliphatic rings. The summed E-state index contributed by atoms with van der Waals surface area (Å²) < 4.78 is 23.3. The Hall–Kier alpha value is -7.06. The van der Waals surface area contributed by atoms with Crippen LogP contribution in [0.1, 0.15) is 167 Å². The first-order valence-electron chi connectivity index (χ1n) is 37.6. The molecule has 590 valence electrons. The number of nitrogens with zero attached hydrogens (tertiary/aromatic N) is 5. The van der Waals surface area contributed by atoms with Crippen molar-refractivity contribution in [3.05, 3.63) is 65.0 Å². The average Bonchev–Trinajstić information content (AvgIpc) is 0.970. The monoisotopic (exact) mass is 1520 g/mol. The number of primary amides is 1. The van der Waals surface area contributed by atoms with Crippen molar-refractivity contribution < 1.29 is 66.9 Å². The van der Waals surface area contributed by atoms with E-state index in [1.54, 1.807) is 60.2 Å². The lowest BCUT2D eigenvalue weighted by atomic mass is 9.89. The zero-order chi connectivity index (χ0) is 77.9. The second-order valence-electron chi connectivity index (χ2n) is 29.3. The fourth-order valence-corrected chi connectivity index (χ4v) is 16.9. The van der Waals surface area contributed by atoms with Gasteiger partial charge in [-0.15, -0.1) is 0 Å². The van der Waals surface area contributed by atoms with Crippen LogP contribution in [0.5, 0.6) is 0 Å². The number of likely N-dealkylation sites (tertiary alicyclic amines) is 1. The van der Waals surface area contributed by atoms with Gasteiger partial charge in [0.1, 0.15) is 24.2 Å². The summed E-state index contributed by atoms with van der Waals surface area (Å²) in [5.41, 5.74) is 16.8. The number of hydrogen-bond donors (Lipinski definition) is 9. The van der Waals surface area contributed by atoms with Crippen LogP contribution >= 0.6 is 23.5 Å². The number of thioether (sulfide) groups is 2. The van der Waals surface area contributed by atoms with Gasteiger partial charge in [-0.25, -0.2) is 9.97 Å². The highest BCUT2D eigenvalue weighted by molar-refractivity contribution is 8.00. The number of benzene rings is 2. The van der Waals surface area contributed by atoms with E-state index < -0.39 is 102 Å². The maximum absolute atomic E-state index is 14.5. The molecule has 3 unspecified atom stereocenters. The fraction of sp³-hybridized carbons (Fsp3) is 0.684. The molecule has 0 spiro atoms. The van der Waals surface area contributed by atoms with Gasteiger partial charge in [-0.1, -0.05) is 86.3 Å². The van der Waals surface area contributed by atoms with Crippen molar-refractivity contribution in [3.63, 3.8) is 0 Å². The zero-order valence-corrected chi connectivity index (χ0v) is 66.4. The Bertz CT molecular complexity index is 3400. The van der Waals surface area contributed by atoms with Gasteiger partial charge in [-0.2, -0.15) is 23.5 Å². The summed E-state index contributed by atoms with van der Waals surface area (Å²) in [5.74, 6) is -4.30. The van der Waals surface area contributed by atoms with Gasteiger partial charge in [0, 0.05) is 86.6 Å². The number of carbonyl (C=O) groups excluding carboxylic acids is 10. The van der Waals surface area contributed by atoms with Crippen molar-refractivity contribution in [3.8, 4) is 0 Å². The maximum atomic E-state index is 14.5. The lowest BCUT2D eigenvalue weighted by Gasteiger charge is -2.41. The number of aromatic nitrogens is 2. The highest BCUT2D eigenvalue weighted by Crippen LogP contribution is 2.38. The fourth-order valence-electron chi connectivity index (χ4n) is 14.1. The molecule has 1 aromatic heterocycles. The number of rotatable bonds is 40. The van der Waals surface area contributed by atoms with Gasteiger partial charge in [0.15, 0.2) is 0 Å². The van der Waals surface area contributed by atoms with Crippen molar-refractivity contribution in [1.82, 2.24) is 56.6 Å². The Morgan fingerprint density at radius 2 is 1.30 bits per heavy atom. The van der Waals surface area contributed by atoms with Gasteiger partial charge in [-0.05, 0) is 120 Å². The summed E-state index contributed by atoms with van der Waals surface area (Å²) in [6.07, 6.45) is 7.79. The number of ether oxygens (including phenoxy) is 4. The molecule has 2 aromatic carbocycles. The summed E-state index contributed by atoms with van der Waals surface area (Å²) in [6.45, 7) is 17.7. The molecule has 10 amide bonds. The van der Waals surface area contributed by atoms with E-state index in [-0.39, 0.29) is 99.6 Å². The molecule has 28 nitrogen and oxygen atoms in total. The minimum absolute atomic E-state index is 0.000329. The van der Waals surface area contributed by atoms with Crippen molar-refractivity contribution in [2.45, 2.75) is 228 Å². The van der Waals surface area contributed by atoms with Gasteiger partial charge >= 0.3 is 0 Å². The summed E-state index contributed by atoms with van der Waals surface area (Å²) in [5, 5.41) is 20.5. The Morgan fingerprint density at radius 1 is 0.670 bits per heavy atom. The van der Waals surface area contributed by atoms with Crippen molar-refractivity contribution in [2.75, 3.05) is 86.7 Å². The van der Waals surface area contributed by atoms with Gasteiger partial charge in [0.25, 0.3) is 5.91 Å². The molecule has 2 bridgehead atoms. The highest BCUT2D eigenvalue weighted by Gasteiger charge is 2.44. The average molecular weight is 1520 g/mol. The standard InChI is InChI=1S/C76H120N14O14S2/c1-15-46(6)68(89(12)76(100)66(44(2)3)87-75(99)67(45(4)5)88(10)11)62(101-13)40-65(93)90-31-19-22-61(90)69(102-14)47(7)70(94)83-53(41-77)36-50-23-26-52(27-24-50)82-74(98)58(39-63(78)91)86-72(96)49(9)81-71(95)48(8)80-64(92)29-32-103-34-35-104-33-30-79-73(97)51-25-28-56-57(37-51)85-60-43-106-55-21-18-16-17-20-54(38-55)105-42-59(60)84-56/h23-28,37,44-49,53-55,58,61-62,66-69H,15-22,29-36,38-43,77H2,1-14H3,(H2,78,91)(H,79,97)(H,80,92)(H,81,95)(H,82,98)(H,83,94)(H,86,96)(H,87,99)/t46-,47+,48-,49-,53-,54?,55?,58-,61-,62+,66-,67?,68-,69+/m0/s1. The first-order valence-corrected chi connectivity index (χ1v) is 39.7. The number of carbonyl (C=O) groups is 10. The highest BCUT2D eigenvalue weighted by atomic mass is 32.2. The van der Waals surface area contributed by atoms with E-state index in [0.717, 1.165) is 34.0 Å². The third kappa shape index (κ3) is 26.4. The van der Waals surface area contributed by atoms with E-state index in [9.17, 15) is 47.9 Å². The van der Waals surface area contributed by atoms with E-state index in [1.165, 1.54) is 66.6 Å². The number of fused-ring (bicyclic) bond motifs is 4. The largest absolute Gasteiger partial charge is 0.379 e. The summed E-state index contributed by atoms with van der Waals surface area (Å²) in [4.78, 5) is 150. The Morgan fingerprint density at radius 3 is 1.90 bits per heavy atom. The smallest absolute Gasteiger partial charge is 0.251 e. The molecule has 1 saturated carbocycles. The predicted octanol–water partition coefficient (Wildman–Crippen LogP) is 5.00. The van der Waals surface area contributed by atoms with Crippen molar-refractivity contribution >= 4 is 99.3 Å². The second kappa shape index (κ2) is 43.8. The molecule has 3 aromatic rings. The van der Waals surface area contributed by atoms with Crippen LogP contribution in [0.15, 0.2) is 42.5 Å². The number of methoxy groups -OCH3 is 2. The molecule has 2 aliphatic heterocycles. The second-order valence-corrected chi connectivity index (χ2v) is 31.9. The molecule has 1 aliphatic carbocycles. The van der Waals surface area contributed by atoms with Crippen LogP contribution in [0.2, 0.25) is 0 Å². The quantitative estimate of drug-likeness (QED) is 0.0338. The first-order chi connectivity index (χ1) is 50.5. The van der Waals surface area contributed by atoms with Crippen LogP contribution in [0, 0.1) is 23.7 Å². The van der Waals surface area contributed by atoms with Crippen LogP contribution in [0.4, 0.5) is 5.69 Å². The maximum Gasteiger partial charge on any atom is 0.251 e. The number of likely N-dealkylation sites (N-methyl/N-ethyl adjacent to an activating group) is 2. The first kappa shape index (κ1) is 87.8. The summed E-state index contributed by atoms with van der Waals surface area (Å²) >= 11 is 4.00.